The molecule has 156 valence electrons. The van der Waals surface area contributed by atoms with Crippen molar-refractivity contribution < 1.29 is 0 Å². The molecule has 10 nitrogen and oxygen atoms in total. The molecule has 1 aromatic carbocycles. The third-order valence-electron chi connectivity index (χ3n) is 5.16. The van der Waals surface area contributed by atoms with E-state index >= 15 is 0 Å². The zero-order valence-corrected chi connectivity index (χ0v) is 17.4. The zero-order chi connectivity index (χ0) is 21.7. The van der Waals surface area contributed by atoms with Gasteiger partial charge in [-0.2, -0.15) is 4.98 Å². The Labute approximate surface area is 179 Å². The van der Waals surface area contributed by atoms with Crippen LogP contribution in [0.2, 0.25) is 5.02 Å². The number of H-pyrrole nitrogens is 1. The minimum absolute atomic E-state index is 0.0740. The lowest BCUT2D eigenvalue weighted by molar-refractivity contribution is 0.648. The number of anilines is 2. The van der Waals surface area contributed by atoms with E-state index in [9.17, 15) is 9.59 Å². The van der Waals surface area contributed by atoms with Crippen LogP contribution in [-0.4, -0.2) is 33.6 Å². The van der Waals surface area contributed by atoms with Crippen molar-refractivity contribution in [2.24, 2.45) is 14.1 Å². The van der Waals surface area contributed by atoms with E-state index in [1.54, 1.807) is 37.1 Å². The Morgan fingerprint density at radius 2 is 2.00 bits per heavy atom. The molecular formula is C20H17ClN8O2. The van der Waals surface area contributed by atoms with E-state index in [1.807, 2.05) is 18.2 Å². The Kier molecular flexibility index (Phi) is 4.36. The van der Waals surface area contributed by atoms with Gasteiger partial charge < -0.3 is 14.9 Å². The third-order valence-corrected chi connectivity index (χ3v) is 5.49. The predicted molar refractivity (Wildman–Crippen MR) is 118 cm³/mol. The van der Waals surface area contributed by atoms with Crippen molar-refractivity contribution in [3.63, 3.8) is 0 Å². The van der Waals surface area contributed by atoms with E-state index in [2.05, 4.69) is 25.3 Å². The maximum absolute atomic E-state index is 13.3. The van der Waals surface area contributed by atoms with E-state index in [0.29, 0.717) is 28.0 Å². The summed E-state index contributed by atoms with van der Waals surface area (Å²) in [6.45, 7) is 0.0740. The lowest BCUT2D eigenvalue weighted by atomic mass is 10.2. The summed E-state index contributed by atoms with van der Waals surface area (Å²) in [5, 5.41) is 4.46. The van der Waals surface area contributed by atoms with Crippen LogP contribution in [-0.2, 0) is 20.6 Å². The molecule has 0 atom stereocenters. The summed E-state index contributed by atoms with van der Waals surface area (Å²) in [5.74, 6) is 0.846. The number of nitrogens with one attached hydrogen (secondary N) is 2. The van der Waals surface area contributed by atoms with E-state index in [0.717, 1.165) is 10.9 Å². The standard InChI is InChI=1S/C20H17ClN8O2/c1-27-16-17(26-19(27)25-15-9-22-6-7-23-15)28(2)20(31)29(18(16)30)10-11-8-12-13(21)4-3-5-14(12)24-11/h3-9,24H,10H2,1-2H3,(H,23,25,26). The Morgan fingerprint density at radius 3 is 2.74 bits per heavy atom. The molecule has 0 fully saturated rings. The second-order valence-corrected chi connectivity index (χ2v) is 7.52. The van der Waals surface area contributed by atoms with Crippen LogP contribution in [0.25, 0.3) is 22.1 Å². The fraction of sp³-hybridized carbons (Fsp3) is 0.150. The summed E-state index contributed by atoms with van der Waals surface area (Å²) < 4.78 is 4.13. The monoisotopic (exact) mass is 436 g/mol. The topological polar surface area (TPSA) is 115 Å². The minimum atomic E-state index is -0.466. The second kappa shape index (κ2) is 7.10. The summed E-state index contributed by atoms with van der Waals surface area (Å²) in [5.41, 5.74) is 1.20. The highest BCUT2D eigenvalue weighted by Crippen LogP contribution is 2.24. The van der Waals surface area contributed by atoms with Gasteiger partial charge in [-0.1, -0.05) is 17.7 Å². The quantitative estimate of drug-likeness (QED) is 0.446. The highest BCUT2D eigenvalue weighted by atomic mass is 35.5. The number of imidazole rings is 1. The maximum Gasteiger partial charge on any atom is 0.332 e. The van der Waals surface area contributed by atoms with Crippen molar-refractivity contribution in [2.45, 2.75) is 6.54 Å². The van der Waals surface area contributed by atoms with Gasteiger partial charge in [-0.15, -0.1) is 0 Å². The van der Waals surface area contributed by atoms with Crippen molar-refractivity contribution in [3.05, 3.63) is 74.4 Å². The van der Waals surface area contributed by atoms with Crippen molar-refractivity contribution in [2.75, 3.05) is 5.32 Å². The first-order chi connectivity index (χ1) is 14.9. The van der Waals surface area contributed by atoms with Gasteiger partial charge in [0.1, 0.15) is 0 Å². The Hall–Kier alpha value is -3.92. The first-order valence-corrected chi connectivity index (χ1v) is 9.77. The molecule has 0 radical (unpaired) electrons. The lowest BCUT2D eigenvalue weighted by Gasteiger charge is -2.08. The third kappa shape index (κ3) is 3.08. The SMILES string of the molecule is Cn1c(Nc2cnccn2)nc2c1c(=O)n(Cc1cc3c(Cl)cccc3[nH]1)c(=O)n2C. The molecule has 4 aromatic heterocycles. The van der Waals surface area contributed by atoms with Crippen molar-refractivity contribution in [1.82, 2.24) is 33.6 Å². The van der Waals surface area contributed by atoms with Gasteiger partial charge in [-0.25, -0.2) is 9.78 Å². The van der Waals surface area contributed by atoms with Crippen LogP contribution in [0.1, 0.15) is 5.69 Å². The number of aromatic nitrogens is 7. The molecular weight excluding hydrogens is 420 g/mol. The van der Waals surface area contributed by atoms with Gasteiger partial charge >= 0.3 is 5.69 Å². The number of benzene rings is 1. The molecule has 2 N–H and O–H groups in total. The van der Waals surface area contributed by atoms with Crippen LogP contribution in [0.15, 0.2) is 52.4 Å². The smallest absolute Gasteiger partial charge is 0.332 e. The fourth-order valence-corrected chi connectivity index (χ4v) is 3.83. The molecule has 11 heteroatoms. The largest absolute Gasteiger partial charge is 0.357 e. The van der Waals surface area contributed by atoms with E-state index in [1.165, 1.54) is 15.3 Å². The summed E-state index contributed by atoms with van der Waals surface area (Å²) in [7, 11) is 3.29. The fourth-order valence-electron chi connectivity index (χ4n) is 3.60. The molecule has 4 heterocycles. The molecule has 0 unspecified atom stereocenters. The van der Waals surface area contributed by atoms with E-state index < -0.39 is 11.2 Å². The number of aromatic amines is 1. The number of rotatable bonds is 4. The van der Waals surface area contributed by atoms with Gasteiger partial charge in [-0.05, 0) is 18.2 Å². The van der Waals surface area contributed by atoms with Crippen LogP contribution in [0.5, 0.6) is 0 Å². The Balaban J connectivity index is 1.63. The number of nitrogens with zero attached hydrogens (tertiary/aromatic N) is 6. The highest BCUT2D eigenvalue weighted by Gasteiger charge is 2.19. The average Bonchev–Trinajstić information content (AvgIpc) is 3.32. The van der Waals surface area contributed by atoms with Gasteiger partial charge in [0.15, 0.2) is 17.0 Å². The Morgan fingerprint density at radius 1 is 1.16 bits per heavy atom. The van der Waals surface area contributed by atoms with Crippen molar-refractivity contribution in [3.8, 4) is 0 Å². The van der Waals surface area contributed by atoms with Crippen LogP contribution in [0, 0.1) is 0 Å². The number of halogens is 1. The minimum Gasteiger partial charge on any atom is -0.357 e. The Bertz CT molecular complexity index is 1560. The van der Waals surface area contributed by atoms with E-state index in [-0.39, 0.29) is 12.2 Å². The molecule has 0 saturated heterocycles. The van der Waals surface area contributed by atoms with Crippen LogP contribution in [0.3, 0.4) is 0 Å². The molecule has 0 spiro atoms. The molecule has 0 amide bonds. The highest BCUT2D eigenvalue weighted by molar-refractivity contribution is 6.35. The number of hydrogen-bond donors (Lipinski definition) is 2. The van der Waals surface area contributed by atoms with Gasteiger partial charge in [0, 0.05) is 48.1 Å². The summed E-state index contributed by atoms with van der Waals surface area (Å²) in [6, 6.07) is 7.36. The van der Waals surface area contributed by atoms with Crippen LogP contribution < -0.4 is 16.6 Å². The van der Waals surface area contributed by atoms with Crippen LogP contribution in [0.4, 0.5) is 11.8 Å². The first kappa shape index (κ1) is 19.1. The zero-order valence-electron chi connectivity index (χ0n) is 16.6. The van der Waals surface area contributed by atoms with Gasteiger partial charge in [0.2, 0.25) is 5.95 Å². The maximum atomic E-state index is 13.3. The molecule has 0 bridgehead atoms. The van der Waals surface area contributed by atoms with Crippen LogP contribution >= 0.6 is 11.6 Å². The summed E-state index contributed by atoms with van der Waals surface area (Å²) in [4.78, 5) is 42.0. The van der Waals surface area contributed by atoms with Crippen molar-refractivity contribution >= 4 is 45.4 Å². The number of aryl methyl sites for hydroxylation is 2. The molecule has 0 saturated carbocycles. The molecule has 31 heavy (non-hydrogen) atoms. The average molecular weight is 437 g/mol. The van der Waals surface area contributed by atoms with Gasteiger partial charge in [0.25, 0.3) is 5.56 Å². The van der Waals surface area contributed by atoms with Crippen molar-refractivity contribution in [1.29, 1.82) is 0 Å². The molecule has 5 rings (SSSR count). The molecule has 0 aliphatic carbocycles. The first-order valence-electron chi connectivity index (χ1n) is 9.39. The molecule has 0 aliphatic heterocycles. The summed E-state index contributed by atoms with van der Waals surface area (Å²) in [6.07, 6.45) is 4.64. The van der Waals surface area contributed by atoms with Gasteiger partial charge in [0.05, 0.1) is 12.7 Å². The number of hydrogen-bond acceptors (Lipinski definition) is 6. The lowest BCUT2D eigenvalue weighted by Crippen LogP contribution is -2.39. The summed E-state index contributed by atoms with van der Waals surface area (Å²) >= 11 is 6.25. The van der Waals surface area contributed by atoms with Gasteiger partial charge in [-0.3, -0.25) is 18.9 Å². The second-order valence-electron chi connectivity index (χ2n) is 7.11. The van der Waals surface area contributed by atoms with E-state index in [4.69, 9.17) is 11.6 Å². The number of fused-ring (bicyclic) bond motifs is 2. The normalized spacial score (nSPS) is 11.5. The molecule has 0 aliphatic rings. The predicted octanol–water partition coefficient (Wildman–Crippen LogP) is 2.15. The molecule has 5 aromatic rings.